The number of benzene rings is 1. The summed E-state index contributed by atoms with van der Waals surface area (Å²) in [6.07, 6.45) is 0. The van der Waals surface area contributed by atoms with Crippen LogP contribution in [0.1, 0.15) is 16.7 Å². The highest BCUT2D eigenvalue weighted by Gasteiger charge is 2.10. The van der Waals surface area contributed by atoms with Crippen molar-refractivity contribution in [3.05, 3.63) is 27.8 Å². The van der Waals surface area contributed by atoms with Crippen LogP contribution in [0.15, 0.2) is 6.07 Å². The van der Waals surface area contributed by atoms with Crippen LogP contribution in [0.5, 0.6) is 5.75 Å². The minimum absolute atomic E-state index is 0.162. The van der Waals surface area contributed by atoms with Crippen LogP contribution in [-0.4, -0.2) is 5.11 Å². The first kappa shape index (κ1) is 10.3. The molecule has 0 heterocycles. The molecule has 0 aliphatic carbocycles. The summed E-state index contributed by atoms with van der Waals surface area (Å²) in [4.78, 5) is 4.48. The quantitative estimate of drug-likeness (QED) is 0.721. The van der Waals surface area contributed by atoms with Gasteiger partial charge in [0.25, 0.3) is 0 Å². The molecule has 72 valence electrons. The number of aromatic hydroxyl groups is 1. The summed E-state index contributed by atoms with van der Waals surface area (Å²) in [5.74, 6) is 5.10. The van der Waals surface area contributed by atoms with Gasteiger partial charge >= 0.3 is 0 Å². The van der Waals surface area contributed by atoms with Gasteiger partial charge < -0.3 is 5.11 Å². The number of hydrogen-bond donors (Lipinski definition) is 2. The number of hydrogen-bond acceptors (Lipinski definition) is 3. The summed E-state index contributed by atoms with van der Waals surface area (Å²) in [6.45, 7) is 3.78. The Labute approximate surface area is 82.0 Å². The van der Waals surface area contributed by atoms with Crippen molar-refractivity contribution in [2.24, 2.45) is 5.90 Å². The Morgan fingerprint density at radius 1 is 1.54 bits per heavy atom. The molecule has 1 aromatic rings. The van der Waals surface area contributed by atoms with Gasteiger partial charge in [0.15, 0.2) is 0 Å². The van der Waals surface area contributed by atoms with E-state index in [1.807, 2.05) is 6.92 Å². The van der Waals surface area contributed by atoms with E-state index in [1.54, 1.807) is 13.0 Å². The zero-order valence-corrected chi connectivity index (χ0v) is 8.35. The molecule has 0 aliphatic heterocycles. The fraction of sp³-hybridized carbons (Fsp3) is 0.333. The SMILES string of the molecule is Cc1cc(Cl)c(C)c(O)c1CON. The van der Waals surface area contributed by atoms with E-state index in [4.69, 9.17) is 17.5 Å². The molecular weight excluding hydrogens is 190 g/mol. The van der Waals surface area contributed by atoms with E-state index < -0.39 is 0 Å². The number of aryl methyl sites for hydroxylation is 1. The van der Waals surface area contributed by atoms with E-state index in [2.05, 4.69) is 4.84 Å². The molecule has 4 heteroatoms. The first-order valence-electron chi connectivity index (χ1n) is 3.87. The highest BCUT2D eigenvalue weighted by molar-refractivity contribution is 6.31. The average molecular weight is 202 g/mol. The molecule has 0 unspecified atom stereocenters. The molecule has 13 heavy (non-hydrogen) atoms. The van der Waals surface area contributed by atoms with Crippen molar-refractivity contribution in [1.29, 1.82) is 0 Å². The monoisotopic (exact) mass is 201 g/mol. The van der Waals surface area contributed by atoms with E-state index in [0.29, 0.717) is 16.1 Å². The topological polar surface area (TPSA) is 55.5 Å². The first-order chi connectivity index (χ1) is 6.07. The first-order valence-corrected chi connectivity index (χ1v) is 4.25. The van der Waals surface area contributed by atoms with Gasteiger partial charge in [-0.05, 0) is 25.5 Å². The fourth-order valence-corrected chi connectivity index (χ4v) is 1.43. The molecule has 0 amide bonds. The number of halogens is 1. The Bertz CT molecular complexity index is 326. The smallest absolute Gasteiger partial charge is 0.125 e. The zero-order chi connectivity index (χ0) is 10.0. The highest BCUT2D eigenvalue weighted by atomic mass is 35.5. The van der Waals surface area contributed by atoms with Gasteiger partial charge in [0.2, 0.25) is 0 Å². The maximum Gasteiger partial charge on any atom is 0.125 e. The van der Waals surface area contributed by atoms with Gasteiger partial charge in [-0.2, -0.15) is 0 Å². The predicted molar refractivity (Wildman–Crippen MR) is 51.6 cm³/mol. The lowest BCUT2D eigenvalue weighted by Crippen LogP contribution is -2.02. The van der Waals surface area contributed by atoms with E-state index >= 15 is 0 Å². The summed E-state index contributed by atoms with van der Waals surface area (Å²) < 4.78 is 0. The van der Waals surface area contributed by atoms with E-state index in [1.165, 1.54) is 0 Å². The minimum Gasteiger partial charge on any atom is -0.507 e. The van der Waals surface area contributed by atoms with Crippen molar-refractivity contribution in [3.63, 3.8) is 0 Å². The van der Waals surface area contributed by atoms with Crippen LogP contribution in [0.4, 0.5) is 0 Å². The third-order valence-electron chi connectivity index (χ3n) is 2.05. The molecule has 0 spiro atoms. The molecule has 0 aliphatic rings. The number of phenols is 1. The van der Waals surface area contributed by atoms with Crippen molar-refractivity contribution >= 4 is 11.6 Å². The Morgan fingerprint density at radius 3 is 2.69 bits per heavy atom. The van der Waals surface area contributed by atoms with Gasteiger partial charge in [-0.25, -0.2) is 5.90 Å². The lowest BCUT2D eigenvalue weighted by Gasteiger charge is -2.10. The van der Waals surface area contributed by atoms with Crippen molar-refractivity contribution in [2.75, 3.05) is 0 Å². The standard InChI is InChI=1S/C9H12ClNO2/c1-5-3-8(10)6(2)9(12)7(5)4-13-11/h3,12H,4,11H2,1-2H3. The molecule has 0 atom stereocenters. The third-order valence-corrected chi connectivity index (χ3v) is 2.44. The van der Waals surface area contributed by atoms with Crippen LogP contribution in [0, 0.1) is 13.8 Å². The molecule has 0 aromatic heterocycles. The molecule has 0 bridgehead atoms. The zero-order valence-electron chi connectivity index (χ0n) is 7.60. The van der Waals surface area contributed by atoms with Crippen LogP contribution in [0.3, 0.4) is 0 Å². The summed E-state index contributed by atoms with van der Waals surface area (Å²) >= 11 is 5.86. The van der Waals surface area contributed by atoms with Gasteiger partial charge in [-0.3, -0.25) is 4.84 Å². The second-order valence-corrected chi connectivity index (χ2v) is 3.35. The van der Waals surface area contributed by atoms with Crippen molar-refractivity contribution < 1.29 is 9.94 Å². The van der Waals surface area contributed by atoms with Gasteiger partial charge in [-0.1, -0.05) is 11.6 Å². The third kappa shape index (κ3) is 1.94. The van der Waals surface area contributed by atoms with Gasteiger partial charge in [-0.15, -0.1) is 0 Å². The van der Waals surface area contributed by atoms with Gasteiger partial charge in [0, 0.05) is 16.1 Å². The fourth-order valence-electron chi connectivity index (χ4n) is 1.18. The van der Waals surface area contributed by atoms with E-state index in [9.17, 15) is 5.11 Å². The van der Waals surface area contributed by atoms with E-state index in [-0.39, 0.29) is 12.4 Å². The van der Waals surface area contributed by atoms with Crippen LogP contribution in [0.2, 0.25) is 5.02 Å². The summed E-state index contributed by atoms with van der Waals surface area (Å²) in [6, 6.07) is 1.78. The predicted octanol–water partition coefficient (Wildman–Crippen LogP) is 2.05. The lowest BCUT2D eigenvalue weighted by atomic mass is 10.0. The van der Waals surface area contributed by atoms with Crippen LogP contribution in [0.25, 0.3) is 0 Å². The number of nitrogens with two attached hydrogens (primary N) is 1. The molecule has 0 fully saturated rings. The molecular formula is C9H12ClNO2. The van der Waals surface area contributed by atoms with Gasteiger partial charge in [0.1, 0.15) is 5.75 Å². The lowest BCUT2D eigenvalue weighted by molar-refractivity contribution is 0.121. The van der Waals surface area contributed by atoms with Crippen LogP contribution >= 0.6 is 11.6 Å². The maximum atomic E-state index is 9.67. The Morgan fingerprint density at radius 2 is 2.15 bits per heavy atom. The van der Waals surface area contributed by atoms with Gasteiger partial charge in [0.05, 0.1) is 6.61 Å². The van der Waals surface area contributed by atoms with Crippen LogP contribution in [-0.2, 0) is 11.4 Å². The Kier molecular flexibility index (Phi) is 3.14. The molecule has 0 saturated carbocycles. The minimum atomic E-state index is 0.162. The summed E-state index contributed by atoms with van der Waals surface area (Å²) in [5, 5.41) is 10.2. The maximum absolute atomic E-state index is 9.67. The highest BCUT2D eigenvalue weighted by Crippen LogP contribution is 2.31. The molecule has 3 nitrogen and oxygen atoms in total. The van der Waals surface area contributed by atoms with Crippen molar-refractivity contribution in [2.45, 2.75) is 20.5 Å². The Hall–Kier alpha value is -0.770. The molecule has 1 rings (SSSR count). The molecule has 1 aromatic carbocycles. The normalized spacial score (nSPS) is 10.5. The second-order valence-electron chi connectivity index (χ2n) is 2.94. The molecule has 0 saturated heterocycles. The molecule has 0 radical (unpaired) electrons. The summed E-state index contributed by atoms with van der Waals surface area (Å²) in [7, 11) is 0. The van der Waals surface area contributed by atoms with E-state index in [0.717, 1.165) is 5.56 Å². The van der Waals surface area contributed by atoms with Crippen molar-refractivity contribution in [3.8, 4) is 5.75 Å². The Balaban J connectivity index is 3.26. The van der Waals surface area contributed by atoms with Crippen molar-refractivity contribution in [1.82, 2.24) is 0 Å². The average Bonchev–Trinajstić information content (AvgIpc) is 2.09. The molecule has 3 N–H and O–H groups in total. The summed E-state index contributed by atoms with van der Waals surface area (Å²) in [5.41, 5.74) is 2.21. The number of phenolic OH excluding ortho intramolecular Hbond substituents is 1. The second kappa shape index (κ2) is 3.96. The van der Waals surface area contributed by atoms with Crippen LogP contribution < -0.4 is 5.90 Å². The largest absolute Gasteiger partial charge is 0.507 e. The number of rotatable bonds is 2.